The fourth-order valence-corrected chi connectivity index (χ4v) is 4.02. The van der Waals surface area contributed by atoms with Crippen molar-refractivity contribution in [3.8, 4) is 0 Å². The van der Waals surface area contributed by atoms with Crippen LogP contribution >= 0.6 is 11.6 Å². The fourth-order valence-electron chi connectivity index (χ4n) is 3.84. The third kappa shape index (κ3) is 0.736. The lowest BCUT2D eigenvalue weighted by atomic mass is 10.0. The number of alkyl halides is 1. The van der Waals surface area contributed by atoms with Gasteiger partial charge in [-0.05, 0) is 42.9 Å². The summed E-state index contributed by atoms with van der Waals surface area (Å²) in [6, 6.07) is 0. The number of carbonyl (C=O) groups excluding carboxylic acids is 1. The molecule has 0 aromatic rings. The molecular formula is C10H13ClO. The Balaban J connectivity index is 1.78. The molecule has 0 spiro atoms. The van der Waals surface area contributed by atoms with E-state index in [-0.39, 0.29) is 5.88 Å². The molecule has 1 nitrogen and oxygen atoms in total. The zero-order chi connectivity index (χ0) is 8.29. The molecule has 3 aliphatic carbocycles. The van der Waals surface area contributed by atoms with E-state index < -0.39 is 0 Å². The minimum atomic E-state index is 0.247. The fraction of sp³-hybridized carbons (Fsp3) is 0.900. The van der Waals surface area contributed by atoms with Crippen molar-refractivity contribution in [1.29, 1.82) is 0 Å². The van der Waals surface area contributed by atoms with E-state index >= 15 is 0 Å². The van der Waals surface area contributed by atoms with Crippen LogP contribution in [0, 0.1) is 29.6 Å². The predicted molar refractivity (Wildman–Crippen MR) is 47.0 cm³/mol. The lowest BCUT2D eigenvalue weighted by Crippen LogP contribution is -2.10. The van der Waals surface area contributed by atoms with Gasteiger partial charge < -0.3 is 0 Å². The molecule has 2 heteroatoms. The molecule has 12 heavy (non-hydrogen) atoms. The summed E-state index contributed by atoms with van der Waals surface area (Å²) in [6.45, 7) is 0. The van der Waals surface area contributed by atoms with Crippen LogP contribution < -0.4 is 0 Å². The van der Waals surface area contributed by atoms with Gasteiger partial charge in [0.25, 0.3) is 0 Å². The van der Waals surface area contributed by atoms with E-state index in [1.165, 1.54) is 19.3 Å². The number of rotatable bonds is 2. The number of carbonyl (C=O) groups is 1. The van der Waals surface area contributed by atoms with Crippen LogP contribution in [0.25, 0.3) is 0 Å². The number of fused-ring (bicyclic) bond motifs is 5. The van der Waals surface area contributed by atoms with Gasteiger partial charge in [-0.15, -0.1) is 11.6 Å². The van der Waals surface area contributed by atoms with Crippen LogP contribution in [0.3, 0.4) is 0 Å². The first-order valence-electron chi connectivity index (χ1n) is 4.91. The zero-order valence-corrected chi connectivity index (χ0v) is 7.76. The Morgan fingerprint density at radius 1 is 1.25 bits per heavy atom. The second kappa shape index (κ2) is 2.25. The van der Waals surface area contributed by atoms with E-state index in [0.717, 1.165) is 23.7 Å². The number of Topliss-reactive ketones (excluding diaryl/α,β-unsaturated/α-hetero) is 1. The number of hydrogen-bond acceptors (Lipinski definition) is 1. The zero-order valence-electron chi connectivity index (χ0n) is 7.00. The van der Waals surface area contributed by atoms with E-state index in [1.807, 2.05) is 0 Å². The lowest BCUT2D eigenvalue weighted by Gasteiger charge is -2.05. The number of hydrogen-bond donors (Lipinski definition) is 0. The summed E-state index contributed by atoms with van der Waals surface area (Å²) in [6.07, 6.45) is 4.19. The molecule has 4 unspecified atom stereocenters. The van der Waals surface area contributed by atoms with Crippen LogP contribution in [0.2, 0.25) is 0 Å². The van der Waals surface area contributed by atoms with Crippen LogP contribution in [0.15, 0.2) is 0 Å². The Labute approximate surface area is 77.5 Å². The van der Waals surface area contributed by atoms with Crippen molar-refractivity contribution in [2.75, 3.05) is 5.88 Å². The Morgan fingerprint density at radius 2 is 1.83 bits per heavy atom. The molecule has 4 atom stereocenters. The Kier molecular flexibility index (Phi) is 1.39. The van der Waals surface area contributed by atoms with Gasteiger partial charge in [-0.2, -0.15) is 0 Å². The van der Waals surface area contributed by atoms with Crippen molar-refractivity contribution in [2.45, 2.75) is 19.3 Å². The van der Waals surface area contributed by atoms with Crippen LogP contribution in [0.4, 0.5) is 0 Å². The number of halogens is 1. The first kappa shape index (κ1) is 7.37. The summed E-state index contributed by atoms with van der Waals surface area (Å²) in [7, 11) is 0. The average Bonchev–Trinajstić information content (AvgIpc) is 2.53. The van der Waals surface area contributed by atoms with Gasteiger partial charge in [-0.3, -0.25) is 4.79 Å². The summed E-state index contributed by atoms with van der Waals surface area (Å²) in [5.74, 6) is 4.31. The highest BCUT2D eigenvalue weighted by Crippen LogP contribution is 2.69. The van der Waals surface area contributed by atoms with E-state index in [1.54, 1.807) is 0 Å². The molecule has 3 rings (SSSR count). The molecule has 0 aromatic heterocycles. The highest BCUT2D eigenvalue weighted by molar-refractivity contribution is 6.28. The van der Waals surface area contributed by atoms with Crippen molar-refractivity contribution in [3.05, 3.63) is 0 Å². The summed E-state index contributed by atoms with van der Waals surface area (Å²) in [4.78, 5) is 11.4. The maximum absolute atomic E-state index is 11.4. The quantitative estimate of drug-likeness (QED) is 0.601. The van der Waals surface area contributed by atoms with Crippen LogP contribution in [-0.2, 0) is 4.79 Å². The third-order valence-corrected chi connectivity index (χ3v) is 4.50. The standard InChI is InChI=1S/C10H13ClO/c11-4-7(12)10-8-5-1-2-6(3-5)9(8)10/h5-6,8-10H,1-4H2. The topological polar surface area (TPSA) is 17.1 Å². The first-order chi connectivity index (χ1) is 5.83. The summed E-state index contributed by atoms with van der Waals surface area (Å²) < 4.78 is 0. The third-order valence-electron chi connectivity index (χ3n) is 4.24. The summed E-state index contributed by atoms with van der Waals surface area (Å²) >= 11 is 5.56. The van der Waals surface area contributed by atoms with Crippen molar-refractivity contribution < 1.29 is 4.79 Å². The average molecular weight is 185 g/mol. The molecule has 0 heterocycles. The van der Waals surface area contributed by atoms with E-state index in [0.29, 0.717) is 11.7 Å². The Hall–Kier alpha value is -0.0400. The molecule has 3 saturated carbocycles. The van der Waals surface area contributed by atoms with Gasteiger partial charge in [-0.1, -0.05) is 0 Å². The first-order valence-corrected chi connectivity index (χ1v) is 5.45. The SMILES string of the molecule is O=C(CCl)C1C2C3CCC(C3)C12. The van der Waals surface area contributed by atoms with E-state index in [9.17, 15) is 4.79 Å². The molecule has 0 amide bonds. The maximum Gasteiger partial charge on any atom is 0.151 e. The normalized spacial score (nSPS) is 53.9. The van der Waals surface area contributed by atoms with Gasteiger partial charge >= 0.3 is 0 Å². The number of ketones is 1. The molecule has 0 radical (unpaired) electrons. The highest BCUT2D eigenvalue weighted by Gasteiger charge is 2.66. The molecule has 0 saturated heterocycles. The van der Waals surface area contributed by atoms with Crippen molar-refractivity contribution in [3.63, 3.8) is 0 Å². The van der Waals surface area contributed by atoms with Crippen LogP contribution in [0.1, 0.15) is 19.3 Å². The molecule has 2 bridgehead atoms. The van der Waals surface area contributed by atoms with Gasteiger partial charge in [0.15, 0.2) is 5.78 Å². The summed E-state index contributed by atoms with van der Waals surface area (Å²) in [5.41, 5.74) is 0. The van der Waals surface area contributed by atoms with Crippen molar-refractivity contribution in [1.82, 2.24) is 0 Å². The van der Waals surface area contributed by atoms with E-state index in [2.05, 4.69) is 0 Å². The van der Waals surface area contributed by atoms with Gasteiger partial charge in [0.1, 0.15) is 0 Å². The molecule has 0 aliphatic heterocycles. The van der Waals surface area contributed by atoms with Gasteiger partial charge in [0.05, 0.1) is 5.88 Å². The van der Waals surface area contributed by atoms with Crippen LogP contribution in [-0.4, -0.2) is 11.7 Å². The molecule has 3 fully saturated rings. The monoisotopic (exact) mass is 184 g/mol. The molecule has 3 aliphatic rings. The minimum Gasteiger partial charge on any atom is -0.298 e. The maximum atomic E-state index is 11.4. The van der Waals surface area contributed by atoms with E-state index in [4.69, 9.17) is 11.6 Å². The van der Waals surface area contributed by atoms with Crippen LogP contribution in [0.5, 0.6) is 0 Å². The van der Waals surface area contributed by atoms with Gasteiger partial charge in [0, 0.05) is 5.92 Å². The lowest BCUT2D eigenvalue weighted by molar-refractivity contribution is -0.118. The van der Waals surface area contributed by atoms with Gasteiger partial charge in [0.2, 0.25) is 0 Å². The largest absolute Gasteiger partial charge is 0.298 e. The van der Waals surface area contributed by atoms with Gasteiger partial charge in [-0.25, -0.2) is 0 Å². The Morgan fingerprint density at radius 3 is 2.33 bits per heavy atom. The molecular weight excluding hydrogens is 172 g/mol. The molecule has 0 aromatic carbocycles. The summed E-state index contributed by atoms with van der Waals surface area (Å²) in [5, 5.41) is 0. The minimum absolute atomic E-state index is 0.247. The van der Waals surface area contributed by atoms with Crippen molar-refractivity contribution >= 4 is 17.4 Å². The molecule has 0 N–H and O–H groups in total. The Bertz CT molecular complexity index is 222. The predicted octanol–water partition coefficient (Wildman–Crippen LogP) is 2.09. The second-order valence-corrected chi connectivity index (χ2v) is 4.88. The van der Waals surface area contributed by atoms with Crippen molar-refractivity contribution in [2.24, 2.45) is 29.6 Å². The smallest absolute Gasteiger partial charge is 0.151 e. The highest BCUT2D eigenvalue weighted by atomic mass is 35.5. The second-order valence-electron chi connectivity index (χ2n) is 4.61. The molecule has 66 valence electrons.